The van der Waals surface area contributed by atoms with Gasteiger partial charge in [0, 0.05) is 20.1 Å². The van der Waals surface area contributed by atoms with E-state index in [-0.39, 0.29) is 0 Å². The highest BCUT2D eigenvalue weighted by Gasteiger charge is 2.09. The molecule has 0 spiro atoms. The Labute approximate surface area is 88.7 Å². The number of ether oxygens (including phenoxy) is 1. The van der Waals surface area contributed by atoms with E-state index in [0.29, 0.717) is 6.04 Å². The van der Waals surface area contributed by atoms with Gasteiger partial charge in [-0.3, -0.25) is 0 Å². The Morgan fingerprint density at radius 3 is 2.93 bits per heavy atom. The molecular weight excluding hydrogens is 198 g/mol. The molecule has 1 heterocycles. The SMILES string of the molecule is CNC(C)c1nnc(CCCOC)s1. The van der Waals surface area contributed by atoms with Gasteiger partial charge in [0.2, 0.25) is 0 Å². The lowest BCUT2D eigenvalue weighted by Gasteiger charge is -2.02. The first-order valence-electron chi connectivity index (χ1n) is 4.76. The minimum Gasteiger partial charge on any atom is -0.385 e. The van der Waals surface area contributed by atoms with Gasteiger partial charge in [0.05, 0.1) is 6.04 Å². The summed E-state index contributed by atoms with van der Waals surface area (Å²) in [6, 6.07) is 0.295. The average molecular weight is 215 g/mol. The zero-order valence-electron chi connectivity index (χ0n) is 8.91. The van der Waals surface area contributed by atoms with Crippen molar-refractivity contribution in [2.45, 2.75) is 25.8 Å². The summed E-state index contributed by atoms with van der Waals surface area (Å²) in [5.74, 6) is 0. The second-order valence-corrected chi connectivity index (χ2v) is 4.23. The van der Waals surface area contributed by atoms with E-state index < -0.39 is 0 Å². The second-order valence-electron chi connectivity index (χ2n) is 3.14. The Balaban J connectivity index is 2.42. The predicted octanol–water partition coefficient (Wildman–Crippen LogP) is 1.40. The molecule has 1 N–H and O–H groups in total. The number of aromatic nitrogens is 2. The fourth-order valence-corrected chi connectivity index (χ4v) is 1.98. The van der Waals surface area contributed by atoms with Crippen LogP contribution < -0.4 is 5.32 Å². The number of nitrogens with one attached hydrogen (secondary N) is 1. The maximum absolute atomic E-state index is 4.98. The van der Waals surface area contributed by atoms with Gasteiger partial charge >= 0.3 is 0 Å². The maximum atomic E-state index is 4.98. The molecule has 0 fully saturated rings. The molecule has 1 atom stereocenters. The lowest BCUT2D eigenvalue weighted by Crippen LogP contribution is -2.11. The molecule has 14 heavy (non-hydrogen) atoms. The van der Waals surface area contributed by atoms with Gasteiger partial charge in [-0.2, -0.15) is 0 Å². The molecule has 0 radical (unpaired) electrons. The van der Waals surface area contributed by atoms with Gasteiger partial charge in [-0.1, -0.05) is 11.3 Å². The van der Waals surface area contributed by atoms with Gasteiger partial charge in [0.1, 0.15) is 10.0 Å². The average Bonchev–Trinajstić information content (AvgIpc) is 2.66. The summed E-state index contributed by atoms with van der Waals surface area (Å²) < 4.78 is 4.98. The summed E-state index contributed by atoms with van der Waals surface area (Å²) in [5.41, 5.74) is 0. The van der Waals surface area contributed by atoms with E-state index in [4.69, 9.17) is 4.74 Å². The van der Waals surface area contributed by atoms with Gasteiger partial charge in [-0.05, 0) is 20.4 Å². The van der Waals surface area contributed by atoms with Crippen LogP contribution in [0.25, 0.3) is 0 Å². The van der Waals surface area contributed by atoms with Crippen LogP contribution in [0.1, 0.15) is 29.4 Å². The van der Waals surface area contributed by atoms with Gasteiger partial charge in [-0.15, -0.1) is 10.2 Å². The van der Waals surface area contributed by atoms with Crippen molar-refractivity contribution in [3.05, 3.63) is 10.0 Å². The van der Waals surface area contributed by atoms with Crippen molar-refractivity contribution in [1.82, 2.24) is 15.5 Å². The summed E-state index contributed by atoms with van der Waals surface area (Å²) in [6.45, 7) is 2.87. The van der Waals surface area contributed by atoms with Crippen LogP contribution in [0, 0.1) is 0 Å². The van der Waals surface area contributed by atoms with Crippen molar-refractivity contribution in [2.75, 3.05) is 20.8 Å². The van der Waals surface area contributed by atoms with Crippen LogP contribution in [-0.4, -0.2) is 31.0 Å². The fraction of sp³-hybridized carbons (Fsp3) is 0.778. The molecule has 80 valence electrons. The summed E-state index contributed by atoms with van der Waals surface area (Å²) in [7, 11) is 3.64. The molecule has 0 aliphatic rings. The Bertz CT molecular complexity index is 264. The molecular formula is C9H17N3OS. The smallest absolute Gasteiger partial charge is 0.134 e. The third kappa shape index (κ3) is 3.32. The molecule has 1 aromatic rings. The van der Waals surface area contributed by atoms with Gasteiger partial charge in [-0.25, -0.2) is 0 Å². The Hall–Kier alpha value is -0.520. The highest BCUT2D eigenvalue weighted by Crippen LogP contribution is 2.18. The highest BCUT2D eigenvalue weighted by atomic mass is 32.1. The minimum atomic E-state index is 0.295. The monoisotopic (exact) mass is 215 g/mol. The van der Waals surface area contributed by atoms with E-state index in [1.165, 1.54) is 0 Å². The van der Waals surface area contributed by atoms with Gasteiger partial charge < -0.3 is 10.1 Å². The number of nitrogens with zero attached hydrogens (tertiary/aromatic N) is 2. The highest BCUT2D eigenvalue weighted by molar-refractivity contribution is 7.11. The van der Waals surface area contributed by atoms with Crippen molar-refractivity contribution >= 4 is 11.3 Å². The Morgan fingerprint density at radius 1 is 1.50 bits per heavy atom. The number of hydrogen-bond acceptors (Lipinski definition) is 5. The van der Waals surface area contributed by atoms with Crippen LogP contribution in [0.15, 0.2) is 0 Å². The first-order valence-corrected chi connectivity index (χ1v) is 5.58. The molecule has 4 nitrogen and oxygen atoms in total. The maximum Gasteiger partial charge on any atom is 0.134 e. The van der Waals surface area contributed by atoms with Crippen LogP contribution >= 0.6 is 11.3 Å². The zero-order valence-corrected chi connectivity index (χ0v) is 9.73. The molecule has 1 unspecified atom stereocenters. The standard InChI is InChI=1S/C9H17N3OS/c1-7(10-2)9-12-11-8(14-9)5-4-6-13-3/h7,10H,4-6H2,1-3H3. The number of aryl methyl sites for hydroxylation is 1. The van der Waals surface area contributed by atoms with Gasteiger partial charge in [0.25, 0.3) is 0 Å². The van der Waals surface area contributed by atoms with E-state index in [2.05, 4.69) is 22.4 Å². The van der Waals surface area contributed by atoms with Crippen LogP contribution in [0.5, 0.6) is 0 Å². The number of hydrogen-bond donors (Lipinski definition) is 1. The normalized spacial score (nSPS) is 13.1. The molecule has 0 aromatic carbocycles. The van der Waals surface area contributed by atoms with E-state index in [9.17, 15) is 0 Å². The molecule has 1 rings (SSSR count). The van der Waals surface area contributed by atoms with Crippen molar-refractivity contribution in [3.63, 3.8) is 0 Å². The van der Waals surface area contributed by atoms with Crippen LogP contribution in [-0.2, 0) is 11.2 Å². The molecule has 0 saturated heterocycles. The van der Waals surface area contributed by atoms with E-state index >= 15 is 0 Å². The molecule has 1 aromatic heterocycles. The first kappa shape index (κ1) is 11.6. The fourth-order valence-electron chi connectivity index (χ4n) is 1.03. The Morgan fingerprint density at radius 2 is 2.29 bits per heavy atom. The number of rotatable bonds is 6. The third-order valence-electron chi connectivity index (χ3n) is 2.03. The lowest BCUT2D eigenvalue weighted by atomic mass is 10.3. The molecule has 0 bridgehead atoms. The topological polar surface area (TPSA) is 47.0 Å². The first-order chi connectivity index (χ1) is 6.77. The van der Waals surface area contributed by atoms with Crippen LogP contribution in [0.4, 0.5) is 0 Å². The zero-order chi connectivity index (χ0) is 10.4. The van der Waals surface area contributed by atoms with Crippen LogP contribution in [0.3, 0.4) is 0 Å². The quantitative estimate of drug-likeness (QED) is 0.729. The molecule has 0 saturated carbocycles. The van der Waals surface area contributed by atoms with Crippen molar-refractivity contribution < 1.29 is 4.74 Å². The Kier molecular flexibility index (Phi) is 5.00. The summed E-state index contributed by atoms with van der Waals surface area (Å²) in [4.78, 5) is 0. The summed E-state index contributed by atoms with van der Waals surface area (Å²) in [5, 5.41) is 13.6. The lowest BCUT2D eigenvalue weighted by molar-refractivity contribution is 0.195. The van der Waals surface area contributed by atoms with Gasteiger partial charge in [0.15, 0.2) is 0 Å². The van der Waals surface area contributed by atoms with Crippen molar-refractivity contribution in [2.24, 2.45) is 0 Å². The summed E-state index contributed by atoms with van der Waals surface area (Å²) >= 11 is 1.68. The van der Waals surface area contributed by atoms with E-state index in [1.54, 1.807) is 18.4 Å². The van der Waals surface area contributed by atoms with E-state index in [0.717, 1.165) is 29.5 Å². The largest absolute Gasteiger partial charge is 0.385 e. The molecule has 0 aliphatic heterocycles. The molecule has 5 heteroatoms. The summed E-state index contributed by atoms with van der Waals surface area (Å²) in [6.07, 6.45) is 1.97. The third-order valence-corrected chi connectivity index (χ3v) is 3.19. The van der Waals surface area contributed by atoms with Crippen LogP contribution in [0.2, 0.25) is 0 Å². The number of methoxy groups -OCH3 is 1. The second kappa shape index (κ2) is 6.06. The van der Waals surface area contributed by atoms with Crippen molar-refractivity contribution in [1.29, 1.82) is 0 Å². The molecule has 0 aliphatic carbocycles. The minimum absolute atomic E-state index is 0.295. The molecule has 0 amide bonds. The van der Waals surface area contributed by atoms with Crippen molar-refractivity contribution in [3.8, 4) is 0 Å². The predicted molar refractivity (Wildman–Crippen MR) is 57.6 cm³/mol. The van der Waals surface area contributed by atoms with E-state index in [1.807, 2.05) is 7.05 Å².